The van der Waals surface area contributed by atoms with E-state index in [9.17, 15) is 13.2 Å². The zero-order valence-electron chi connectivity index (χ0n) is 9.95. The lowest BCUT2D eigenvalue weighted by molar-refractivity contribution is 0.398. The molecule has 100 valence electrons. The van der Waals surface area contributed by atoms with Gasteiger partial charge in [0.25, 0.3) is 10.0 Å². The van der Waals surface area contributed by atoms with E-state index in [1.54, 1.807) is 0 Å². The molecular weight excluding hydrogens is 270 g/mol. The van der Waals surface area contributed by atoms with Gasteiger partial charge in [0.1, 0.15) is 0 Å². The molecule has 8 heteroatoms. The average Bonchev–Trinajstić information content (AvgIpc) is 2.39. The lowest BCUT2D eigenvalue weighted by Gasteiger charge is -2.07. The highest BCUT2D eigenvalue weighted by molar-refractivity contribution is 7.92. The number of nitrogens with zero attached hydrogens (tertiary/aromatic N) is 1. The van der Waals surface area contributed by atoms with Gasteiger partial charge in [0, 0.05) is 24.5 Å². The molecule has 2 aromatic heterocycles. The van der Waals surface area contributed by atoms with Crippen molar-refractivity contribution in [3.63, 3.8) is 0 Å². The summed E-state index contributed by atoms with van der Waals surface area (Å²) in [6.45, 7) is 0. The summed E-state index contributed by atoms with van der Waals surface area (Å²) < 4.78 is 31.1. The number of H-pyrrole nitrogens is 1. The van der Waals surface area contributed by atoms with E-state index < -0.39 is 15.5 Å². The Morgan fingerprint density at radius 1 is 1.32 bits per heavy atom. The van der Waals surface area contributed by atoms with Gasteiger partial charge < -0.3 is 9.72 Å². The second kappa shape index (κ2) is 5.11. The number of nitrogens with one attached hydrogen (secondary N) is 2. The van der Waals surface area contributed by atoms with Gasteiger partial charge >= 0.3 is 0 Å². The van der Waals surface area contributed by atoms with Crippen LogP contribution in [0.3, 0.4) is 0 Å². The molecule has 0 aliphatic rings. The molecule has 0 atom stereocenters. The summed E-state index contributed by atoms with van der Waals surface area (Å²) in [6.07, 6.45) is 3.78. The van der Waals surface area contributed by atoms with Gasteiger partial charge in [-0.3, -0.25) is 9.52 Å². The van der Waals surface area contributed by atoms with E-state index in [1.165, 1.54) is 31.6 Å². The van der Waals surface area contributed by atoms with Gasteiger partial charge in [0.15, 0.2) is 4.90 Å². The summed E-state index contributed by atoms with van der Waals surface area (Å²) in [7, 11) is -2.48. The number of aromatic amines is 1. The molecule has 0 unspecified atom stereocenters. The van der Waals surface area contributed by atoms with Crippen molar-refractivity contribution in [1.82, 2.24) is 9.97 Å². The number of sulfonamides is 1. The number of methoxy groups -OCH3 is 1. The highest BCUT2D eigenvalue weighted by Crippen LogP contribution is 2.14. The Morgan fingerprint density at radius 2 is 2.11 bits per heavy atom. The quantitative estimate of drug-likeness (QED) is 0.853. The minimum Gasteiger partial charge on any atom is -0.481 e. The third kappa shape index (κ3) is 2.91. The van der Waals surface area contributed by atoms with E-state index in [0.29, 0.717) is 5.88 Å². The fourth-order valence-corrected chi connectivity index (χ4v) is 2.48. The number of hydrogen-bond acceptors (Lipinski definition) is 5. The highest BCUT2D eigenvalue weighted by Gasteiger charge is 2.17. The SMILES string of the molecule is COc1ccc(NS(=O)(=O)c2c[nH]ccc2=O)cn1. The van der Waals surface area contributed by atoms with Crippen LogP contribution in [0.4, 0.5) is 5.69 Å². The molecule has 0 radical (unpaired) electrons. The van der Waals surface area contributed by atoms with Crippen LogP contribution >= 0.6 is 0 Å². The summed E-state index contributed by atoms with van der Waals surface area (Å²) in [4.78, 5) is 17.5. The van der Waals surface area contributed by atoms with Gasteiger partial charge in [-0.05, 0) is 6.07 Å². The maximum atomic E-state index is 12.0. The second-order valence-corrected chi connectivity index (χ2v) is 5.22. The Balaban J connectivity index is 2.31. The smallest absolute Gasteiger partial charge is 0.267 e. The molecule has 0 aliphatic heterocycles. The van der Waals surface area contributed by atoms with Crippen LogP contribution in [0.5, 0.6) is 5.88 Å². The molecule has 0 fully saturated rings. The Bertz CT molecular complexity index is 722. The van der Waals surface area contributed by atoms with Crippen molar-refractivity contribution in [3.05, 3.63) is 47.0 Å². The number of ether oxygens (including phenoxy) is 1. The highest BCUT2D eigenvalue weighted by atomic mass is 32.2. The van der Waals surface area contributed by atoms with E-state index in [0.717, 1.165) is 12.3 Å². The summed E-state index contributed by atoms with van der Waals surface area (Å²) in [5.74, 6) is 0.362. The molecule has 0 saturated carbocycles. The Hall–Kier alpha value is -2.35. The maximum absolute atomic E-state index is 12.0. The van der Waals surface area contributed by atoms with E-state index in [2.05, 4.69) is 14.7 Å². The van der Waals surface area contributed by atoms with Crippen LogP contribution in [0.2, 0.25) is 0 Å². The van der Waals surface area contributed by atoms with Gasteiger partial charge in [-0.15, -0.1) is 0 Å². The number of pyridine rings is 2. The Morgan fingerprint density at radius 3 is 2.68 bits per heavy atom. The standard InChI is InChI=1S/C11H11N3O4S/c1-18-11-3-2-8(6-13-11)14-19(16,17)10-7-12-5-4-9(10)15/h2-7,14H,1H3,(H,12,15). The number of anilines is 1. The predicted molar refractivity (Wildman–Crippen MR) is 68.7 cm³/mol. The zero-order valence-corrected chi connectivity index (χ0v) is 10.8. The lowest BCUT2D eigenvalue weighted by Crippen LogP contribution is -2.20. The monoisotopic (exact) mass is 281 g/mol. The first-order chi connectivity index (χ1) is 9.03. The van der Waals surface area contributed by atoms with Gasteiger partial charge in [0.2, 0.25) is 11.3 Å². The van der Waals surface area contributed by atoms with Crippen LogP contribution in [0, 0.1) is 0 Å². The predicted octanol–water partition coefficient (Wildman–Crippen LogP) is 0.579. The minimum absolute atomic E-state index is 0.240. The van der Waals surface area contributed by atoms with Crippen molar-refractivity contribution in [3.8, 4) is 5.88 Å². The number of aromatic nitrogens is 2. The average molecular weight is 281 g/mol. The lowest BCUT2D eigenvalue weighted by atomic mass is 10.4. The van der Waals surface area contributed by atoms with Gasteiger partial charge in [-0.1, -0.05) is 0 Å². The summed E-state index contributed by atoms with van der Waals surface area (Å²) in [5, 5.41) is 0. The van der Waals surface area contributed by atoms with Crippen LogP contribution in [0.1, 0.15) is 0 Å². The van der Waals surface area contributed by atoms with Gasteiger partial charge in [-0.2, -0.15) is 0 Å². The first-order valence-electron chi connectivity index (χ1n) is 5.23. The van der Waals surface area contributed by atoms with Crippen LogP contribution in [0.15, 0.2) is 46.5 Å². The van der Waals surface area contributed by atoms with Crippen molar-refractivity contribution in [1.29, 1.82) is 0 Å². The maximum Gasteiger partial charge on any atom is 0.267 e. The van der Waals surface area contributed by atoms with Gasteiger partial charge in [0.05, 0.1) is 19.0 Å². The van der Waals surface area contributed by atoms with Crippen molar-refractivity contribution in [2.75, 3.05) is 11.8 Å². The fourth-order valence-electron chi connectivity index (χ4n) is 1.38. The van der Waals surface area contributed by atoms with E-state index in [1.807, 2.05) is 0 Å². The van der Waals surface area contributed by atoms with Crippen molar-refractivity contribution in [2.24, 2.45) is 0 Å². The van der Waals surface area contributed by atoms with Crippen LogP contribution < -0.4 is 14.9 Å². The Kier molecular flexibility index (Phi) is 3.52. The van der Waals surface area contributed by atoms with Crippen LogP contribution in [0.25, 0.3) is 0 Å². The molecule has 2 heterocycles. The van der Waals surface area contributed by atoms with Crippen LogP contribution in [-0.4, -0.2) is 25.5 Å². The molecular formula is C11H11N3O4S. The molecule has 2 rings (SSSR count). The first kappa shape index (κ1) is 13.1. The molecule has 7 nitrogen and oxygen atoms in total. The number of hydrogen-bond donors (Lipinski definition) is 2. The summed E-state index contributed by atoms with van der Waals surface area (Å²) in [6, 6.07) is 4.13. The normalized spacial score (nSPS) is 11.0. The van der Waals surface area contributed by atoms with E-state index in [4.69, 9.17) is 4.74 Å². The second-order valence-electron chi connectivity index (χ2n) is 3.57. The van der Waals surface area contributed by atoms with E-state index >= 15 is 0 Å². The largest absolute Gasteiger partial charge is 0.481 e. The van der Waals surface area contributed by atoms with Crippen molar-refractivity contribution in [2.45, 2.75) is 4.90 Å². The van der Waals surface area contributed by atoms with Crippen molar-refractivity contribution >= 4 is 15.7 Å². The molecule has 0 amide bonds. The third-order valence-electron chi connectivity index (χ3n) is 2.28. The molecule has 0 saturated heterocycles. The van der Waals surface area contributed by atoms with E-state index in [-0.39, 0.29) is 10.6 Å². The van der Waals surface area contributed by atoms with Crippen LogP contribution in [-0.2, 0) is 10.0 Å². The minimum atomic E-state index is -3.94. The Labute approximate surface area is 109 Å². The third-order valence-corrected chi connectivity index (χ3v) is 3.68. The topological polar surface area (TPSA) is 101 Å². The molecule has 2 N–H and O–H groups in total. The molecule has 0 bridgehead atoms. The van der Waals surface area contributed by atoms with Gasteiger partial charge in [-0.25, -0.2) is 13.4 Å². The fraction of sp³-hybridized carbons (Fsp3) is 0.0909. The summed E-state index contributed by atoms with van der Waals surface area (Å²) >= 11 is 0. The molecule has 0 aromatic carbocycles. The molecule has 2 aromatic rings. The molecule has 0 spiro atoms. The van der Waals surface area contributed by atoms with Crippen molar-refractivity contribution < 1.29 is 13.2 Å². The summed E-state index contributed by atoms with van der Waals surface area (Å²) in [5.41, 5.74) is -0.350. The molecule has 19 heavy (non-hydrogen) atoms. The number of rotatable bonds is 4. The zero-order chi connectivity index (χ0) is 13.9. The molecule has 0 aliphatic carbocycles. The first-order valence-corrected chi connectivity index (χ1v) is 6.71.